The number of allylic oxidation sites excluding steroid dienone is 1. The molecular weight excluding hydrogens is 488 g/mol. The molecule has 1 aliphatic rings. The second-order valence-corrected chi connectivity index (χ2v) is 11.1. The Balaban J connectivity index is 2.03. The van der Waals surface area contributed by atoms with E-state index >= 15 is 0 Å². The smallest absolute Gasteiger partial charge is 0.338 e. The number of rotatable bonds is 19. The molecule has 0 saturated carbocycles. The molecule has 1 heterocycles. The largest absolute Gasteiger partial charge is 0.496 e. The van der Waals surface area contributed by atoms with Crippen molar-refractivity contribution in [1.82, 2.24) is 10.2 Å². The number of methoxy groups -OCH3 is 1. The lowest BCUT2D eigenvalue weighted by molar-refractivity contribution is -0.143. The fourth-order valence-electron chi connectivity index (χ4n) is 5.58. The Labute approximate surface area is 237 Å². The van der Waals surface area contributed by atoms with Crippen molar-refractivity contribution in [2.24, 2.45) is 0 Å². The summed E-state index contributed by atoms with van der Waals surface area (Å²) in [5.74, 6) is 0.298. The molecule has 1 atom stereocenters. The fourth-order valence-corrected chi connectivity index (χ4v) is 5.58. The van der Waals surface area contributed by atoms with Gasteiger partial charge in [-0.2, -0.15) is 0 Å². The van der Waals surface area contributed by atoms with Crippen molar-refractivity contribution in [2.75, 3.05) is 13.7 Å². The standard InChI is InChI=1S/C33H54N2O4/c1-7-9-10-11-12-13-14-15-16-17-18-19-20-22-27-23-21-24-28(38-6)30(27)31-29(32(36)39-25(3)4)26(5)34-33(37)35(31)8-2/h21,23-25,31H,7-20,22H2,1-6H3,(H,34,37). The molecule has 1 aromatic rings. The van der Waals surface area contributed by atoms with Crippen LogP contribution < -0.4 is 10.1 Å². The van der Waals surface area contributed by atoms with E-state index in [1.807, 2.05) is 32.9 Å². The normalized spacial score (nSPS) is 15.6. The lowest BCUT2D eigenvalue weighted by Gasteiger charge is -2.38. The summed E-state index contributed by atoms with van der Waals surface area (Å²) in [7, 11) is 1.65. The Morgan fingerprint density at radius 3 is 2.00 bits per heavy atom. The van der Waals surface area contributed by atoms with Crippen LogP contribution in [0, 0.1) is 0 Å². The summed E-state index contributed by atoms with van der Waals surface area (Å²) in [6, 6.07) is 5.27. The molecule has 1 N–H and O–H groups in total. The highest BCUT2D eigenvalue weighted by molar-refractivity contribution is 5.95. The third kappa shape index (κ3) is 10.2. The Hall–Kier alpha value is -2.50. The molecule has 2 amide bonds. The van der Waals surface area contributed by atoms with Crippen molar-refractivity contribution in [1.29, 1.82) is 0 Å². The van der Waals surface area contributed by atoms with E-state index in [4.69, 9.17) is 9.47 Å². The number of urea groups is 1. The molecule has 0 aliphatic carbocycles. The molecule has 6 nitrogen and oxygen atoms in total. The number of hydrogen-bond donors (Lipinski definition) is 1. The Morgan fingerprint density at radius 1 is 0.923 bits per heavy atom. The van der Waals surface area contributed by atoms with Gasteiger partial charge in [0.05, 0.1) is 24.8 Å². The quantitative estimate of drug-likeness (QED) is 0.140. The summed E-state index contributed by atoms with van der Waals surface area (Å²) in [6.45, 7) is 10.1. The number of esters is 1. The molecule has 0 radical (unpaired) electrons. The lowest BCUT2D eigenvalue weighted by atomic mass is 9.87. The summed E-state index contributed by atoms with van der Waals surface area (Å²) in [5.41, 5.74) is 3.03. The third-order valence-corrected chi connectivity index (χ3v) is 7.65. The van der Waals surface area contributed by atoms with Gasteiger partial charge in [-0.25, -0.2) is 9.59 Å². The van der Waals surface area contributed by atoms with Gasteiger partial charge in [-0.3, -0.25) is 0 Å². The van der Waals surface area contributed by atoms with Crippen LogP contribution in [-0.4, -0.2) is 36.7 Å². The molecular formula is C33H54N2O4. The van der Waals surface area contributed by atoms with E-state index in [0.717, 1.165) is 24.0 Å². The van der Waals surface area contributed by atoms with E-state index in [1.165, 1.54) is 77.0 Å². The first-order valence-electron chi connectivity index (χ1n) is 15.5. The predicted octanol–water partition coefficient (Wildman–Crippen LogP) is 8.64. The summed E-state index contributed by atoms with van der Waals surface area (Å²) >= 11 is 0. The molecule has 0 saturated heterocycles. The molecule has 220 valence electrons. The Kier molecular flexibility index (Phi) is 15.1. The van der Waals surface area contributed by atoms with Crippen molar-refractivity contribution < 1.29 is 19.1 Å². The van der Waals surface area contributed by atoms with Gasteiger partial charge < -0.3 is 19.7 Å². The van der Waals surface area contributed by atoms with Crippen molar-refractivity contribution in [3.05, 3.63) is 40.6 Å². The topological polar surface area (TPSA) is 67.9 Å². The van der Waals surface area contributed by atoms with Crippen molar-refractivity contribution in [3.8, 4) is 5.75 Å². The second kappa shape index (κ2) is 18.0. The second-order valence-electron chi connectivity index (χ2n) is 11.1. The minimum Gasteiger partial charge on any atom is -0.496 e. The summed E-state index contributed by atoms with van der Waals surface area (Å²) in [4.78, 5) is 28.0. The molecule has 1 unspecified atom stereocenters. The molecule has 1 aromatic carbocycles. The number of carbonyl (C=O) groups excluding carboxylic acids is 2. The van der Waals surface area contributed by atoms with Crippen LogP contribution in [0.1, 0.15) is 135 Å². The first kappa shape index (κ1) is 32.7. The first-order chi connectivity index (χ1) is 18.8. The van der Waals surface area contributed by atoms with E-state index < -0.39 is 12.0 Å². The maximum absolute atomic E-state index is 13.3. The maximum Gasteiger partial charge on any atom is 0.338 e. The average Bonchev–Trinajstić information content (AvgIpc) is 2.90. The van der Waals surface area contributed by atoms with Crippen LogP contribution in [0.5, 0.6) is 5.75 Å². The van der Waals surface area contributed by atoms with Gasteiger partial charge in [0.15, 0.2) is 0 Å². The number of aryl methyl sites for hydroxylation is 1. The summed E-state index contributed by atoms with van der Waals surface area (Å²) in [5, 5.41) is 2.86. The highest BCUT2D eigenvalue weighted by Crippen LogP contribution is 2.41. The average molecular weight is 543 g/mol. The monoisotopic (exact) mass is 542 g/mol. The SMILES string of the molecule is CCCCCCCCCCCCCCCc1cccc(OC)c1C1C(C(=O)OC(C)C)=C(C)NC(=O)N1CC. The molecule has 0 bridgehead atoms. The zero-order valence-corrected chi connectivity index (χ0v) is 25.6. The highest BCUT2D eigenvalue weighted by atomic mass is 16.5. The van der Waals surface area contributed by atoms with E-state index in [1.54, 1.807) is 18.9 Å². The van der Waals surface area contributed by atoms with E-state index in [0.29, 0.717) is 23.6 Å². The van der Waals surface area contributed by atoms with Crippen LogP contribution in [-0.2, 0) is 16.0 Å². The fraction of sp³-hybridized carbons (Fsp3) is 0.697. The van der Waals surface area contributed by atoms with Gasteiger partial charge in [-0.1, -0.05) is 96.1 Å². The predicted molar refractivity (Wildman–Crippen MR) is 160 cm³/mol. The number of amides is 2. The molecule has 0 spiro atoms. The number of unbranched alkanes of at least 4 members (excludes halogenated alkanes) is 12. The van der Waals surface area contributed by atoms with Crippen LogP contribution in [0.3, 0.4) is 0 Å². The Morgan fingerprint density at radius 2 is 1.49 bits per heavy atom. The van der Waals surface area contributed by atoms with E-state index in [-0.39, 0.29) is 12.1 Å². The highest BCUT2D eigenvalue weighted by Gasteiger charge is 2.40. The number of carbonyl (C=O) groups is 2. The summed E-state index contributed by atoms with van der Waals surface area (Å²) in [6.07, 6.45) is 17.7. The molecule has 39 heavy (non-hydrogen) atoms. The van der Waals surface area contributed by atoms with E-state index in [9.17, 15) is 9.59 Å². The van der Waals surface area contributed by atoms with Gasteiger partial charge in [0.1, 0.15) is 5.75 Å². The van der Waals surface area contributed by atoms with Gasteiger partial charge in [0.2, 0.25) is 0 Å². The molecule has 6 heteroatoms. The minimum absolute atomic E-state index is 0.209. The maximum atomic E-state index is 13.3. The van der Waals surface area contributed by atoms with Crippen molar-refractivity contribution >= 4 is 12.0 Å². The molecule has 1 aliphatic heterocycles. The Bertz CT molecular complexity index is 924. The minimum atomic E-state index is -0.553. The number of hydrogen-bond acceptors (Lipinski definition) is 4. The molecule has 0 fully saturated rings. The van der Waals surface area contributed by atoms with Crippen LogP contribution in [0.15, 0.2) is 29.5 Å². The first-order valence-corrected chi connectivity index (χ1v) is 15.5. The molecule has 2 rings (SSSR count). The van der Waals surface area contributed by atoms with Gasteiger partial charge in [0.25, 0.3) is 0 Å². The third-order valence-electron chi connectivity index (χ3n) is 7.65. The van der Waals surface area contributed by atoms with Crippen LogP contribution in [0.25, 0.3) is 0 Å². The van der Waals surface area contributed by atoms with Crippen LogP contribution in [0.4, 0.5) is 4.79 Å². The van der Waals surface area contributed by atoms with Crippen LogP contribution >= 0.6 is 0 Å². The molecule has 0 aromatic heterocycles. The number of benzene rings is 1. The van der Waals surface area contributed by atoms with Gasteiger partial charge in [-0.15, -0.1) is 0 Å². The number of nitrogens with zero attached hydrogens (tertiary/aromatic N) is 1. The van der Waals surface area contributed by atoms with Gasteiger partial charge in [-0.05, 0) is 52.2 Å². The lowest BCUT2D eigenvalue weighted by Crippen LogP contribution is -2.48. The van der Waals surface area contributed by atoms with Crippen molar-refractivity contribution in [3.63, 3.8) is 0 Å². The number of likely N-dealkylation sites (N-methyl/N-ethyl adjacent to an activating group) is 1. The van der Waals surface area contributed by atoms with Gasteiger partial charge in [0, 0.05) is 17.8 Å². The zero-order valence-electron chi connectivity index (χ0n) is 25.6. The summed E-state index contributed by atoms with van der Waals surface area (Å²) < 4.78 is 11.4. The van der Waals surface area contributed by atoms with Gasteiger partial charge >= 0.3 is 12.0 Å². The van der Waals surface area contributed by atoms with Crippen LogP contribution in [0.2, 0.25) is 0 Å². The number of nitrogens with one attached hydrogen (secondary N) is 1. The zero-order chi connectivity index (χ0) is 28.6. The number of ether oxygens (including phenoxy) is 2. The van der Waals surface area contributed by atoms with E-state index in [2.05, 4.69) is 18.3 Å². The van der Waals surface area contributed by atoms with Crippen molar-refractivity contribution in [2.45, 2.75) is 137 Å².